The van der Waals surface area contributed by atoms with Crippen LogP contribution in [0.2, 0.25) is 0 Å². The quantitative estimate of drug-likeness (QED) is 0.767. The molecule has 1 aromatic rings. The molecule has 1 atom stereocenters. The van der Waals surface area contributed by atoms with E-state index < -0.39 is 0 Å². The highest BCUT2D eigenvalue weighted by Gasteiger charge is 2.27. The van der Waals surface area contributed by atoms with E-state index in [4.69, 9.17) is 9.73 Å². The van der Waals surface area contributed by atoms with Crippen LogP contribution in [0, 0.1) is 0 Å². The van der Waals surface area contributed by atoms with Crippen molar-refractivity contribution in [3.05, 3.63) is 35.7 Å². The van der Waals surface area contributed by atoms with Gasteiger partial charge in [0.05, 0.1) is 29.9 Å². The number of methoxy groups -OCH3 is 1. The molecule has 3 rings (SSSR count). The van der Waals surface area contributed by atoms with Crippen molar-refractivity contribution in [1.82, 2.24) is 16.0 Å². The van der Waals surface area contributed by atoms with E-state index in [2.05, 4.69) is 16.0 Å². The van der Waals surface area contributed by atoms with Crippen LogP contribution in [0.15, 0.2) is 40.7 Å². The number of nitrogens with zero attached hydrogens (tertiary/aromatic N) is 1. The zero-order valence-electron chi connectivity index (χ0n) is 12.8. The molecule has 3 N–H and O–H groups in total. The van der Waals surface area contributed by atoms with E-state index in [-0.39, 0.29) is 11.8 Å². The molecular formula is C16H20N4O2. The lowest BCUT2D eigenvalue weighted by Crippen LogP contribution is -2.54. The monoisotopic (exact) mass is 300 g/mol. The standard InChI is InChI=1S/C16H20N4O2/c1-10(21)13-9-18-16-14(7-17-8-15(16)20-13)19-11-3-5-12(22-2)6-4-11/h3-6,13,17-18,20H,7-9H2,1-2H3/b19-14+. The van der Waals surface area contributed by atoms with Gasteiger partial charge in [0.2, 0.25) is 0 Å². The van der Waals surface area contributed by atoms with Gasteiger partial charge in [0.15, 0.2) is 5.78 Å². The van der Waals surface area contributed by atoms with Crippen molar-refractivity contribution >= 4 is 17.2 Å². The number of hydrogen-bond donors (Lipinski definition) is 3. The minimum absolute atomic E-state index is 0.137. The second-order valence-electron chi connectivity index (χ2n) is 5.40. The third kappa shape index (κ3) is 2.96. The fourth-order valence-corrected chi connectivity index (χ4v) is 2.61. The average Bonchev–Trinajstić information content (AvgIpc) is 2.55. The Morgan fingerprint density at radius 1 is 1.27 bits per heavy atom. The third-order valence-corrected chi connectivity index (χ3v) is 3.84. The maximum atomic E-state index is 11.5. The molecule has 1 unspecified atom stereocenters. The molecule has 0 bridgehead atoms. The van der Waals surface area contributed by atoms with Crippen LogP contribution in [0.25, 0.3) is 0 Å². The molecule has 0 saturated carbocycles. The summed E-state index contributed by atoms with van der Waals surface area (Å²) in [6, 6.07) is 7.47. The summed E-state index contributed by atoms with van der Waals surface area (Å²) in [5.74, 6) is 0.950. The van der Waals surface area contributed by atoms with E-state index in [1.807, 2.05) is 24.3 Å². The van der Waals surface area contributed by atoms with Gasteiger partial charge in [-0.2, -0.15) is 0 Å². The van der Waals surface area contributed by atoms with E-state index in [1.54, 1.807) is 14.0 Å². The number of benzene rings is 1. The molecule has 0 spiro atoms. The van der Waals surface area contributed by atoms with Crippen molar-refractivity contribution in [2.24, 2.45) is 4.99 Å². The number of carbonyl (C=O) groups excluding carboxylic acids is 1. The van der Waals surface area contributed by atoms with Crippen LogP contribution in [-0.4, -0.2) is 44.3 Å². The van der Waals surface area contributed by atoms with Gasteiger partial charge in [0.1, 0.15) is 11.8 Å². The lowest BCUT2D eigenvalue weighted by molar-refractivity contribution is -0.118. The molecule has 1 aromatic carbocycles. The Bertz CT molecular complexity index is 634. The molecule has 6 nitrogen and oxygen atoms in total. The molecule has 2 aliphatic rings. The normalized spacial score (nSPS) is 22.6. The first-order chi connectivity index (χ1) is 10.7. The Morgan fingerprint density at radius 3 is 2.73 bits per heavy atom. The molecule has 116 valence electrons. The van der Waals surface area contributed by atoms with Gasteiger partial charge in [-0.1, -0.05) is 0 Å². The van der Waals surface area contributed by atoms with Gasteiger partial charge in [-0.05, 0) is 31.2 Å². The fraction of sp³-hybridized carbons (Fsp3) is 0.375. The summed E-state index contributed by atoms with van der Waals surface area (Å²) in [6.07, 6.45) is 0. The second kappa shape index (κ2) is 6.19. The highest BCUT2D eigenvalue weighted by Crippen LogP contribution is 2.20. The Kier molecular flexibility index (Phi) is 4.11. The maximum absolute atomic E-state index is 11.5. The number of hydrogen-bond acceptors (Lipinski definition) is 6. The van der Waals surface area contributed by atoms with Gasteiger partial charge in [0.25, 0.3) is 0 Å². The van der Waals surface area contributed by atoms with Crippen LogP contribution < -0.4 is 20.7 Å². The lowest BCUT2D eigenvalue weighted by atomic mass is 10.0. The van der Waals surface area contributed by atoms with E-state index >= 15 is 0 Å². The number of nitrogens with one attached hydrogen (secondary N) is 3. The summed E-state index contributed by atoms with van der Waals surface area (Å²) < 4.78 is 5.15. The first-order valence-corrected chi connectivity index (χ1v) is 7.34. The summed E-state index contributed by atoms with van der Waals surface area (Å²) >= 11 is 0. The van der Waals surface area contributed by atoms with Crippen molar-refractivity contribution < 1.29 is 9.53 Å². The predicted molar refractivity (Wildman–Crippen MR) is 85.6 cm³/mol. The molecule has 0 amide bonds. The van der Waals surface area contributed by atoms with Crippen molar-refractivity contribution in [3.63, 3.8) is 0 Å². The van der Waals surface area contributed by atoms with Gasteiger partial charge in [-0.15, -0.1) is 0 Å². The molecule has 0 aliphatic carbocycles. The van der Waals surface area contributed by atoms with Crippen molar-refractivity contribution in [2.75, 3.05) is 26.7 Å². The summed E-state index contributed by atoms with van der Waals surface area (Å²) in [5.41, 5.74) is 3.83. The number of carbonyl (C=O) groups is 1. The van der Waals surface area contributed by atoms with Crippen LogP contribution in [0.3, 0.4) is 0 Å². The number of ketones is 1. The van der Waals surface area contributed by atoms with Crippen molar-refractivity contribution in [2.45, 2.75) is 13.0 Å². The average molecular weight is 300 g/mol. The van der Waals surface area contributed by atoms with E-state index in [0.29, 0.717) is 19.6 Å². The minimum atomic E-state index is -0.166. The van der Waals surface area contributed by atoms with Crippen molar-refractivity contribution in [3.8, 4) is 5.75 Å². The predicted octanol–water partition coefficient (Wildman–Crippen LogP) is 0.733. The summed E-state index contributed by atoms with van der Waals surface area (Å²) in [5, 5.41) is 9.95. The molecule has 0 fully saturated rings. The zero-order chi connectivity index (χ0) is 15.5. The number of rotatable bonds is 3. The molecule has 2 aliphatic heterocycles. The zero-order valence-corrected chi connectivity index (χ0v) is 12.8. The molecule has 2 heterocycles. The Labute approximate surface area is 129 Å². The van der Waals surface area contributed by atoms with Crippen LogP contribution >= 0.6 is 0 Å². The van der Waals surface area contributed by atoms with Gasteiger partial charge >= 0.3 is 0 Å². The topological polar surface area (TPSA) is 74.8 Å². The molecule has 0 saturated heterocycles. The molecule has 6 heteroatoms. The van der Waals surface area contributed by atoms with E-state index in [0.717, 1.165) is 28.5 Å². The van der Waals surface area contributed by atoms with Crippen LogP contribution in [0.4, 0.5) is 5.69 Å². The van der Waals surface area contributed by atoms with Crippen LogP contribution in [-0.2, 0) is 4.79 Å². The fourth-order valence-electron chi connectivity index (χ4n) is 2.61. The third-order valence-electron chi connectivity index (χ3n) is 3.84. The highest BCUT2D eigenvalue weighted by molar-refractivity contribution is 6.04. The Balaban J connectivity index is 1.85. The van der Waals surface area contributed by atoms with Crippen LogP contribution in [0.1, 0.15) is 6.92 Å². The Morgan fingerprint density at radius 2 is 2.05 bits per heavy atom. The van der Waals surface area contributed by atoms with Gasteiger partial charge in [-0.25, -0.2) is 4.99 Å². The number of ether oxygens (including phenoxy) is 1. The Hall–Kier alpha value is -2.34. The number of Topliss-reactive ketones (excluding diaryl/α,β-unsaturated/α-hetero) is 1. The van der Waals surface area contributed by atoms with Gasteiger partial charge < -0.3 is 20.7 Å². The molecule has 22 heavy (non-hydrogen) atoms. The molecule has 0 radical (unpaired) electrons. The van der Waals surface area contributed by atoms with E-state index in [1.165, 1.54) is 0 Å². The van der Waals surface area contributed by atoms with E-state index in [9.17, 15) is 4.79 Å². The minimum Gasteiger partial charge on any atom is -0.497 e. The van der Waals surface area contributed by atoms with Crippen molar-refractivity contribution in [1.29, 1.82) is 0 Å². The highest BCUT2D eigenvalue weighted by atomic mass is 16.5. The smallest absolute Gasteiger partial charge is 0.153 e. The number of aliphatic imine (C=N–C) groups is 1. The first-order valence-electron chi connectivity index (χ1n) is 7.34. The maximum Gasteiger partial charge on any atom is 0.153 e. The second-order valence-corrected chi connectivity index (χ2v) is 5.40. The van der Waals surface area contributed by atoms with Gasteiger partial charge in [0, 0.05) is 19.6 Å². The summed E-state index contributed by atoms with van der Waals surface area (Å²) in [7, 11) is 1.64. The SMILES string of the molecule is COc1ccc(/N=C2\CNCC3=C2NCC(C(C)=O)N3)cc1. The largest absolute Gasteiger partial charge is 0.497 e. The molecular weight excluding hydrogens is 280 g/mol. The van der Waals surface area contributed by atoms with Gasteiger partial charge in [-0.3, -0.25) is 4.79 Å². The lowest BCUT2D eigenvalue weighted by Gasteiger charge is -2.33. The molecule has 0 aromatic heterocycles. The summed E-state index contributed by atoms with van der Waals surface area (Å²) in [6.45, 7) is 3.61. The first kappa shape index (κ1) is 14.6. The summed E-state index contributed by atoms with van der Waals surface area (Å²) in [4.78, 5) is 16.2. The van der Waals surface area contributed by atoms with Crippen LogP contribution in [0.5, 0.6) is 5.75 Å².